The summed E-state index contributed by atoms with van der Waals surface area (Å²) in [6.07, 6.45) is 6.32. The summed E-state index contributed by atoms with van der Waals surface area (Å²) in [5.74, 6) is -1.05. The highest BCUT2D eigenvalue weighted by Crippen LogP contribution is 2.22. The van der Waals surface area contributed by atoms with E-state index in [1.54, 1.807) is 12.1 Å². The fraction of sp³-hybridized carbons (Fsp3) is 0.517. The minimum atomic E-state index is -1.08. The number of hydrogen-bond donors (Lipinski definition) is 7. The molecule has 216 valence electrons. The molecular weight excluding hydrogens is 502 g/mol. The number of aliphatic carboxylic acids is 1. The summed E-state index contributed by atoms with van der Waals surface area (Å²) in [4.78, 5) is 22.2. The average Bonchev–Trinajstić information content (AvgIpc) is 2.93. The van der Waals surface area contributed by atoms with E-state index in [1.807, 2.05) is 24.3 Å². The highest BCUT2D eigenvalue weighted by Gasteiger charge is 2.10. The molecule has 0 aliphatic rings. The summed E-state index contributed by atoms with van der Waals surface area (Å²) in [5, 5.41) is 46.0. The number of urea groups is 1. The molecule has 0 spiro atoms. The van der Waals surface area contributed by atoms with Crippen LogP contribution < -0.4 is 16.0 Å². The third-order valence-electron chi connectivity index (χ3n) is 6.33. The number of carboxylic acid groups (broad SMARTS) is 1. The number of aromatic hydroxyl groups is 1. The molecular formula is C29H43N3O7. The van der Waals surface area contributed by atoms with Crippen LogP contribution in [-0.4, -0.2) is 65.3 Å². The summed E-state index contributed by atoms with van der Waals surface area (Å²) in [6.45, 7) is 2.36. The van der Waals surface area contributed by atoms with Crippen molar-refractivity contribution in [1.29, 1.82) is 0 Å². The number of aliphatic hydroxyl groups excluding tert-OH is 2. The van der Waals surface area contributed by atoms with E-state index < -0.39 is 24.6 Å². The third kappa shape index (κ3) is 13.4. The van der Waals surface area contributed by atoms with Crippen LogP contribution in [0.5, 0.6) is 5.75 Å². The SMILES string of the molecule is O=C(O)CNC(=O)NCc1ccccc1CCCCOCCCCCCNC[C@@H](O)c1ccc(O)c(CO)c1. The lowest BCUT2D eigenvalue weighted by Crippen LogP contribution is -2.38. The molecule has 0 bridgehead atoms. The van der Waals surface area contributed by atoms with Crippen LogP contribution in [-0.2, 0) is 29.1 Å². The van der Waals surface area contributed by atoms with Gasteiger partial charge in [0.2, 0.25) is 0 Å². The van der Waals surface area contributed by atoms with E-state index in [1.165, 1.54) is 6.07 Å². The highest BCUT2D eigenvalue weighted by molar-refractivity contribution is 5.79. The van der Waals surface area contributed by atoms with Gasteiger partial charge < -0.3 is 41.1 Å². The first-order chi connectivity index (χ1) is 18.9. The molecule has 39 heavy (non-hydrogen) atoms. The Morgan fingerprint density at radius 3 is 2.33 bits per heavy atom. The maximum absolute atomic E-state index is 11.7. The highest BCUT2D eigenvalue weighted by atomic mass is 16.5. The molecule has 0 radical (unpaired) electrons. The third-order valence-corrected chi connectivity index (χ3v) is 6.33. The van der Waals surface area contributed by atoms with Gasteiger partial charge in [0.15, 0.2) is 0 Å². The van der Waals surface area contributed by atoms with Crippen LogP contribution in [0.4, 0.5) is 4.79 Å². The van der Waals surface area contributed by atoms with Gasteiger partial charge in [-0.3, -0.25) is 4.79 Å². The largest absolute Gasteiger partial charge is 0.508 e. The molecule has 2 aromatic rings. The second-order valence-electron chi connectivity index (χ2n) is 9.45. The summed E-state index contributed by atoms with van der Waals surface area (Å²) < 4.78 is 5.76. The minimum absolute atomic E-state index is 0.0291. The number of nitrogens with one attached hydrogen (secondary N) is 3. The molecule has 0 heterocycles. The first-order valence-corrected chi connectivity index (χ1v) is 13.6. The predicted octanol–water partition coefficient (Wildman–Crippen LogP) is 2.99. The standard InChI is InChI=1S/C29H43N3O7/c33-21-25-17-23(12-13-26(25)34)27(35)19-30-14-6-1-2-7-15-39-16-8-5-10-22-9-3-4-11-24(22)18-31-29(38)32-20-28(36)37/h3-4,9,11-13,17,27,30,33-35H,1-2,5-8,10,14-16,18-21H2,(H,36,37)(H2,31,32,38)/t27-/m1/s1. The van der Waals surface area contributed by atoms with Crippen LogP contribution in [0.25, 0.3) is 0 Å². The van der Waals surface area contributed by atoms with Gasteiger partial charge in [-0.2, -0.15) is 0 Å². The first kappa shape index (κ1) is 32.0. The lowest BCUT2D eigenvalue weighted by Gasteiger charge is -2.14. The molecule has 0 aromatic heterocycles. The zero-order valence-corrected chi connectivity index (χ0v) is 22.5. The maximum atomic E-state index is 11.7. The molecule has 1 atom stereocenters. The number of ether oxygens (including phenoxy) is 1. The Kier molecular flexibility index (Phi) is 15.6. The molecule has 10 heteroatoms. The van der Waals surface area contributed by atoms with Gasteiger partial charge in [0.1, 0.15) is 12.3 Å². The second kappa shape index (κ2) is 19.0. The smallest absolute Gasteiger partial charge is 0.323 e. The molecule has 0 unspecified atom stereocenters. The van der Waals surface area contributed by atoms with E-state index in [2.05, 4.69) is 16.0 Å². The molecule has 0 saturated carbocycles. The molecule has 0 saturated heterocycles. The molecule has 7 N–H and O–H groups in total. The normalized spacial score (nSPS) is 11.7. The van der Waals surface area contributed by atoms with Crippen LogP contribution in [0.15, 0.2) is 42.5 Å². The quantitative estimate of drug-likeness (QED) is 0.125. The number of amides is 2. The molecule has 2 aromatic carbocycles. The molecule has 0 fully saturated rings. The number of phenols is 1. The lowest BCUT2D eigenvalue weighted by molar-refractivity contribution is -0.135. The summed E-state index contributed by atoms with van der Waals surface area (Å²) in [6, 6.07) is 12.2. The monoisotopic (exact) mass is 545 g/mol. The van der Waals surface area contributed by atoms with Crippen molar-refractivity contribution in [1.82, 2.24) is 16.0 Å². The number of benzene rings is 2. The zero-order valence-electron chi connectivity index (χ0n) is 22.5. The number of carboxylic acids is 1. The summed E-state index contributed by atoms with van der Waals surface area (Å²) in [5.41, 5.74) is 3.26. The second-order valence-corrected chi connectivity index (χ2v) is 9.45. The van der Waals surface area contributed by atoms with Crippen LogP contribution in [0.1, 0.15) is 66.9 Å². The van der Waals surface area contributed by atoms with E-state index in [4.69, 9.17) is 9.84 Å². The Hall–Kier alpha value is -3.18. The van der Waals surface area contributed by atoms with Crippen molar-refractivity contribution < 1.29 is 34.8 Å². The number of aliphatic hydroxyl groups is 2. The Morgan fingerprint density at radius 2 is 1.59 bits per heavy atom. The number of aryl methyl sites for hydroxylation is 1. The number of carbonyl (C=O) groups is 2. The topological polar surface area (TPSA) is 160 Å². The summed E-state index contributed by atoms with van der Waals surface area (Å²) >= 11 is 0. The van der Waals surface area contributed by atoms with Crippen molar-refractivity contribution in [2.24, 2.45) is 0 Å². The number of carbonyl (C=O) groups excluding carboxylic acids is 1. The van der Waals surface area contributed by atoms with E-state index in [-0.39, 0.29) is 12.4 Å². The summed E-state index contributed by atoms with van der Waals surface area (Å²) in [7, 11) is 0. The van der Waals surface area contributed by atoms with Crippen LogP contribution in [0, 0.1) is 0 Å². The van der Waals surface area contributed by atoms with E-state index >= 15 is 0 Å². The molecule has 2 rings (SSSR count). The Labute approximate surface area is 230 Å². The average molecular weight is 546 g/mol. The fourth-order valence-corrected chi connectivity index (χ4v) is 4.09. The van der Waals surface area contributed by atoms with E-state index in [9.17, 15) is 24.9 Å². The maximum Gasteiger partial charge on any atom is 0.323 e. The van der Waals surface area contributed by atoms with Crippen molar-refractivity contribution in [3.8, 4) is 5.75 Å². The number of rotatable bonds is 20. The van der Waals surface area contributed by atoms with Crippen LogP contribution in [0.3, 0.4) is 0 Å². The number of hydrogen-bond acceptors (Lipinski definition) is 7. The van der Waals surface area contributed by atoms with Gasteiger partial charge >= 0.3 is 12.0 Å². The van der Waals surface area contributed by atoms with Gasteiger partial charge in [0, 0.05) is 31.9 Å². The van der Waals surface area contributed by atoms with Gasteiger partial charge in [-0.25, -0.2) is 4.79 Å². The molecule has 10 nitrogen and oxygen atoms in total. The van der Waals surface area contributed by atoms with Crippen LogP contribution in [0.2, 0.25) is 0 Å². The molecule has 2 amide bonds. The first-order valence-electron chi connectivity index (χ1n) is 13.6. The fourth-order valence-electron chi connectivity index (χ4n) is 4.09. The van der Waals surface area contributed by atoms with Gasteiger partial charge in [0.25, 0.3) is 0 Å². The molecule has 0 aliphatic heterocycles. The van der Waals surface area contributed by atoms with Crippen molar-refractivity contribution in [3.63, 3.8) is 0 Å². The van der Waals surface area contributed by atoms with Gasteiger partial charge in [-0.1, -0.05) is 43.2 Å². The lowest BCUT2D eigenvalue weighted by atomic mass is 10.0. The Balaban J connectivity index is 1.46. The van der Waals surface area contributed by atoms with Gasteiger partial charge in [-0.15, -0.1) is 0 Å². The molecule has 0 aliphatic carbocycles. The van der Waals surface area contributed by atoms with Crippen molar-refractivity contribution in [2.45, 2.75) is 64.2 Å². The zero-order chi connectivity index (χ0) is 28.3. The van der Waals surface area contributed by atoms with Gasteiger partial charge in [0.05, 0.1) is 12.7 Å². The van der Waals surface area contributed by atoms with Crippen molar-refractivity contribution in [2.75, 3.05) is 32.8 Å². The van der Waals surface area contributed by atoms with Gasteiger partial charge in [-0.05, 0) is 67.5 Å². The van der Waals surface area contributed by atoms with E-state index in [0.717, 1.165) is 69.2 Å². The Bertz CT molecular complexity index is 1000. The van der Waals surface area contributed by atoms with Crippen molar-refractivity contribution >= 4 is 12.0 Å². The van der Waals surface area contributed by atoms with Crippen molar-refractivity contribution in [3.05, 3.63) is 64.7 Å². The predicted molar refractivity (Wildman–Crippen MR) is 148 cm³/mol. The van der Waals surface area contributed by atoms with Crippen LogP contribution >= 0.6 is 0 Å². The minimum Gasteiger partial charge on any atom is -0.508 e. The van der Waals surface area contributed by atoms with E-state index in [0.29, 0.717) is 30.8 Å². The Morgan fingerprint density at radius 1 is 0.872 bits per heavy atom. The number of unbranched alkanes of at least 4 members (excludes halogenated alkanes) is 4.